The predicted octanol–water partition coefficient (Wildman–Crippen LogP) is 0.510. The van der Waals surface area contributed by atoms with Crippen molar-refractivity contribution >= 4 is 6.09 Å². The van der Waals surface area contributed by atoms with Gasteiger partial charge in [-0.25, -0.2) is 4.79 Å². The lowest BCUT2D eigenvalue weighted by molar-refractivity contribution is 0.0678. The summed E-state index contributed by atoms with van der Waals surface area (Å²) in [5.41, 5.74) is 5.29. The molecule has 0 saturated carbocycles. The molecule has 2 heterocycles. The molecule has 3 atom stereocenters. The Balaban J connectivity index is 1.66. The topological polar surface area (TPSA) is 76.4 Å². The van der Waals surface area contributed by atoms with Gasteiger partial charge in [0.25, 0.3) is 0 Å². The van der Waals surface area contributed by atoms with Crippen molar-refractivity contribution in [3.8, 4) is 0 Å². The summed E-state index contributed by atoms with van der Waals surface area (Å²) in [4.78, 5) is 11.5. The van der Waals surface area contributed by atoms with E-state index in [1.54, 1.807) is 0 Å². The van der Waals surface area contributed by atoms with Crippen LogP contribution in [0.3, 0.4) is 0 Å². The number of fused-ring (bicyclic) bond motifs is 2. The molecule has 1 amide bonds. The van der Waals surface area contributed by atoms with Gasteiger partial charge in [0.15, 0.2) is 0 Å². The highest BCUT2D eigenvalue weighted by Gasteiger charge is 2.35. The van der Waals surface area contributed by atoms with Gasteiger partial charge in [0.1, 0.15) is 6.10 Å². The van der Waals surface area contributed by atoms with E-state index in [9.17, 15) is 4.79 Å². The Morgan fingerprint density at radius 1 is 1.35 bits per heavy atom. The molecule has 5 nitrogen and oxygen atoms in total. The molecule has 2 fully saturated rings. The SMILES string of the molecule is NC/C=C/CNC(=O)OC1C[C@H]2CC[C@@H](C1)N2. The summed E-state index contributed by atoms with van der Waals surface area (Å²) in [6.45, 7) is 0.974. The Hall–Kier alpha value is -1.07. The molecule has 0 spiro atoms. The second-order valence-corrected chi connectivity index (χ2v) is 4.72. The van der Waals surface area contributed by atoms with E-state index < -0.39 is 0 Å². The van der Waals surface area contributed by atoms with E-state index in [1.807, 2.05) is 12.2 Å². The molecule has 2 rings (SSSR count). The monoisotopic (exact) mass is 239 g/mol. The van der Waals surface area contributed by atoms with E-state index >= 15 is 0 Å². The average molecular weight is 239 g/mol. The van der Waals surface area contributed by atoms with Gasteiger partial charge in [-0.3, -0.25) is 0 Å². The Kier molecular flexibility index (Phi) is 4.39. The lowest BCUT2D eigenvalue weighted by atomic mass is 10.0. The number of amides is 1. The predicted molar refractivity (Wildman–Crippen MR) is 65.6 cm³/mol. The largest absolute Gasteiger partial charge is 0.446 e. The number of ether oxygens (including phenoxy) is 1. The lowest BCUT2D eigenvalue weighted by Crippen LogP contribution is -2.43. The van der Waals surface area contributed by atoms with E-state index in [0.29, 0.717) is 25.2 Å². The van der Waals surface area contributed by atoms with Crippen LogP contribution in [0.5, 0.6) is 0 Å². The summed E-state index contributed by atoms with van der Waals surface area (Å²) in [5.74, 6) is 0. The van der Waals surface area contributed by atoms with Gasteiger partial charge in [-0.15, -0.1) is 0 Å². The van der Waals surface area contributed by atoms with Gasteiger partial charge in [0.05, 0.1) is 0 Å². The van der Waals surface area contributed by atoms with Crippen molar-refractivity contribution in [3.05, 3.63) is 12.2 Å². The summed E-state index contributed by atoms with van der Waals surface area (Å²) < 4.78 is 5.40. The van der Waals surface area contributed by atoms with Crippen LogP contribution < -0.4 is 16.4 Å². The van der Waals surface area contributed by atoms with Crippen LogP contribution in [-0.4, -0.2) is 37.4 Å². The van der Waals surface area contributed by atoms with Crippen LogP contribution in [0, 0.1) is 0 Å². The molecule has 4 N–H and O–H groups in total. The number of rotatable bonds is 4. The fourth-order valence-corrected chi connectivity index (χ4v) is 2.62. The summed E-state index contributed by atoms with van der Waals surface area (Å²) in [6, 6.07) is 1.09. The van der Waals surface area contributed by atoms with E-state index in [-0.39, 0.29) is 12.2 Å². The van der Waals surface area contributed by atoms with Gasteiger partial charge < -0.3 is 21.1 Å². The van der Waals surface area contributed by atoms with Gasteiger partial charge in [-0.05, 0) is 25.7 Å². The number of carbonyl (C=O) groups excluding carboxylic acids is 1. The minimum Gasteiger partial charge on any atom is -0.446 e. The van der Waals surface area contributed by atoms with Gasteiger partial charge in [-0.2, -0.15) is 0 Å². The molecule has 0 aromatic rings. The average Bonchev–Trinajstić information content (AvgIpc) is 2.64. The van der Waals surface area contributed by atoms with Crippen LogP contribution in [0.1, 0.15) is 25.7 Å². The van der Waals surface area contributed by atoms with Crippen molar-refractivity contribution < 1.29 is 9.53 Å². The van der Waals surface area contributed by atoms with Crippen LogP contribution in [-0.2, 0) is 4.74 Å². The van der Waals surface area contributed by atoms with Crippen molar-refractivity contribution in [1.82, 2.24) is 10.6 Å². The smallest absolute Gasteiger partial charge is 0.407 e. The van der Waals surface area contributed by atoms with Crippen molar-refractivity contribution in [2.45, 2.75) is 43.9 Å². The minimum absolute atomic E-state index is 0.0761. The molecule has 0 aliphatic carbocycles. The summed E-state index contributed by atoms with van der Waals surface area (Å²) in [7, 11) is 0. The molecule has 0 aromatic carbocycles. The van der Waals surface area contributed by atoms with Crippen molar-refractivity contribution in [2.75, 3.05) is 13.1 Å². The molecule has 17 heavy (non-hydrogen) atoms. The highest BCUT2D eigenvalue weighted by Crippen LogP contribution is 2.28. The Morgan fingerprint density at radius 2 is 2.06 bits per heavy atom. The second kappa shape index (κ2) is 6.02. The van der Waals surface area contributed by atoms with Crippen LogP contribution in [0.2, 0.25) is 0 Å². The molecule has 2 aliphatic heterocycles. The third-order valence-corrected chi connectivity index (χ3v) is 3.37. The minimum atomic E-state index is -0.321. The van der Waals surface area contributed by atoms with Crippen LogP contribution >= 0.6 is 0 Å². The Morgan fingerprint density at radius 3 is 2.71 bits per heavy atom. The molecular formula is C12H21N3O2. The normalized spacial score (nSPS) is 31.7. The zero-order chi connectivity index (χ0) is 12.1. The molecular weight excluding hydrogens is 218 g/mol. The first kappa shape index (κ1) is 12.4. The summed E-state index contributed by atoms with van der Waals surface area (Å²) in [6.07, 6.45) is 7.71. The summed E-state index contributed by atoms with van der Waals surface area (Å²) in [5, 5.41) is 6.21. The van der Waals surface area contributed by atoms with Gasteiger partial charge >= 0.3 is 6.09 Å². The zero-order valence-electron chi connectivity index (χ0n) is 10.0. The number of piperidine rings is 1. The first-order chi connectivity index (χ1) is 8.28. The quantitative estimate of drug-likeness (QED) is 0.625. The van der Waals surface area contributed by atoms with Crippen LogP contribution in [0.4, 0.5) is 4.79 Å². The van der Waals surface area contributed by atoms with Crippen LogP contribution in [0.25, 0.3) is 0 Å². The fourth-order valence-electron chi connectivity index (χ4n) is 2.62. The molecule has 2 saturated heterocycles. The number of carbonyl (C=O) groups is 1. The van der Waals surface area contributed by atoms with E-state index in [2.05, 4.69) is 10.6 Å². The summed E-state index contributed by atoms with van der Waals surface area (Å²) >= 11 is 0. The molecule has 2 bridgehead atoms. The molecule has 1 unspecified atom stereocenters. The van der Waals surface area contributed by atoms with Crippen molar-refractivity contribution in [3.63, 3.8) is 0 Å². The number of hydrogen-bond donors (Lipinski definition) is 3. The maximum absolute atomic E-state index is 11.5. The first-order valence-electron chi connectivity index (χ1n) is 6.33. The Labute approximate surface area is 102 Å². The molecule has 5 heteroatoms. The second-order valence-electron chi connectivity index (χ2n) is 4.72. The maximum atomic E-state index is 11.5. The van der Waals surface area contributed by atoms with E-state index in [0.717, 1.165) is 12.8 Å². The Bertz CT molecular complexity index is 281. The highest BCUT2D eigenvalue weighted by molar-refractivity contribution is 5.67. The number of alkyl carbamates (subject to hydrolysis) is 1. The van der Waals surface area contributed by atoms with E-state index in [4.69, 9.17) is 10.5 Å². The third kappa shape index (κ3) is 3.71. The number of nitrogens with two attached hydrogens (primary N) is 1. The lowest BCUT2D eigenvalue weighted by Gasteiger charge is -2.28. The van der Waals surface area contributed by atoms with E-state index in [1.165, 1.54) is 12.8 Å². The maximum Gasteiger partial charge on any atom is 0.407 e. The van der Waals surface area contributed by atoms with Crippen molar-refractivity contribution in [1.29, 1.82) is 0 Å². The van der Waals surface area contributed by atoms with Crippen LogP contribution in [0.15, 0.2) is 12.2 Å². The number of nitrogens with one attached hydrogen (secondary N) is 2. The fraction of sp³-hybridized carbons (Fsp3) is 0.750. The van der Waals surface area contributed by atoms with Gasteiger partial charge in [0, 0.05) is 25.2 Å². The number of hydrogen-bond acceptors (Lipinski definition) is 4. The highest BCUT2D eigenvalue weighted by atomic mass is 16.6. The molecule has 0 aromatic heterocycles. The first-order valence-corrected chi connectivity index (χ1v) is 6.33. The standard InChI is InChI=1S/C12H21N3O2/c13-5-1-2-6-14-12(16)17-11-7-9-3-4-10(8-11)15-9/h1-2,9-11,15H,3-8,13H2,(H,14,16)/b2-1+/t9-,10+,11?. The van der Waals surface area contributed by atoms with Gasteiger partial charge in [0.2, 0.25) is 0 Å². The molecule has 96 valence electrons. The molecule has 0 radical (unpaired) electrons. The van der Waals surface area contributed by atoms with Gasteiger partial charge in [-0.1, -0.05) is 12.2 Å². The molecule has 2 aliphatic rings. The zero-order valence-corrected chi connectivity index (χ0v) is 10.0. The third-order valence-electron chi connectivity index (χ3n) is 3.37. The van der Waals surface area contributed by atoms with Crippen molar-refractivity contribution in [2.24, 2.45) is 5.73 Å².